The van der Waals surface area contributed by atoms with Gasteiger partial charge in [0.05, 0.1) is 11.4 Å². The molecular formula is C15H23N3O. The van der Waals surface area contributed by atoms with Gasteiger partial charge in [0.15, 0.2) is 0 Å². The number of nitrogens with one attached hydrogen (secondary N) is 1. The lowest BCUT2D eigenvalue weighted by Crippen LogP contribution is -2.22. The number of carbonyl (C=O) groups excluding carboxylic acids is 1. The van der Waals surface area contributed by atoms with Crippen LogP contribution in [0, 0.1) is 0 Å². The van der Waals surface area contributed by atoms with Gasteiger partial charge >= 0.3 is 0 Å². The normalized spacial score (nSPS) is 14.7. The average Bonchev–Trinajstić information content (AvgIpc) is 2.90. The van der Waals surface area contributed by atoms with Crippen LogP contribution in [-0.2, 0) is 11.2 Å². The van der Waals surface area contributed by atoms with E-state index in [4.69, 9.17) is 5.73 Å². The molecule has 1 fully saturated rings. The van der Waals surface area contributed by atoms with E-state index in [0.717, 1.165) is 36.4 Å². The largest absolute Gasteiger partial charge is 0.397 e. The molecule has 1 aromatic rings. The highest BCUT2D eigenvalue weighted by Gasteiger charge is 2.14. The van der Waals surface area contributed by atoms with Crippen LogP contribution in [0.25, 0.3) is 0 Å². The Balaban J connectivity index is 1.96. The van der Waals surface area contributed by atoms with Gasteiger partial charge in [0.25, 0.3) is 0 Å². The molecule has 0 bridgehead atoms. The molecule has 0 atom stereocenters. The minimum atomic E-state index is 0.102. The fourth-order valence-corrected chi connectivity index (χ4v) is 2.55. The standard InChI is InChI=1S/C15H23N3O/c1-2-17-15(19)8-6-12-5-7-14(13(16)11-12)18-9-3-4-10-18/h5,7,11H,2-4,6,8-10,16H2,1H3,(H,17,19). The van der Waals surface area contributed by atoms with E-state index in [1.165, 1.54) is 12.8 Å². The number of carbonyl (C=O) groups is 1. The Labute approximate surface area is 115 Å². The number of hydrogen-bond acceptors (Lipinski definition) is 3. The number of nitrogens with two attached hydrogens (primary N) is 1. The van der Waals surface area contributed by atoms with Gasteiger partial charge in [-0.25, -0.2) is 0 Å². The van der Waals surface area contributed by atoms with Crippen LogP contribution in [-0.4, -0.2) is 25.5 Å². The van der Waals surface area contributed by atoms with Crippen molar-refractivity contribution < 1.29 is 4.79 Å². The van der Waals surface area contributed by atoms with Crippen LogP contribution in [0.2, 0.25) is 0 Å². The smallest absolute Gasteiger partial charge is 0.220 e. The molecule has 0 aromatic heterocycles. The second kappa shape index (κ2) is 6.45. The molecule has 4 nitrogen and oxygen atoms in total. The summed E-state index contributed by atoms with van der Waals surface area (Å²) in [6.45, 7) is 4.82. The van der Waals surface area contributed by atoms with Gasteiger partial charge in [0.2, 0.25) is 5.91 Å². The van der Waals surface area contributed by atoms with Gasteiger partial charge in [-0.15, -0.1) is 0 Å². The molecule has 0 spiro atoms. The van der Waals surface area contributed by atoms with Crippen molar-refractivity contribution in [1.29, 1.82) is 0 Å². The molecule has 1 heterocycles. The number of nitrogens with zero attached hydrogens (tertiary/aromatic N) is 1. The number of aryl methyl sites for hydroxylation is 1. The maximum absolute atomic E-state index is 11.4. The summed E-state index contributed by atoms with van der Waals surface area (Å²) in [5, 5.41) is 2.81. The quantitative estimate of drug-likeness (QED) is 0.796. The van der Waals surface area contributed by atoms with E-state index in [1.807, 2.05) is 13.0 Å². The van der Waals surface area contributed by atoms with Crippen molar-refractivity contribution in [3.63, 3.8) is 0 Å². The summed E-state index contributed by atoms with van der Waals surface area (Å²) < 4.78 is 0. The molecule has 1 aliphatic heterocycles. The number of amides is 1. The lowest BCUT2D eigenvalue weighted by molar-refractivity contribution is -0.120. The minimum Gasteiger partial charge on any atom is -0.397 e. The third kappa shape index (κ3) is 3.63. The van der Waals surface area contributed by atoms with Crippen LogP contribution in [0.3, 0.4) is 0 Å². The van der Waals surface area contributed by atoms with E-state index in [1.54, 1.807) is 0 Å². The van der Waals surface area contributed by atoms with Gasteiger partial charge in [0, 0.05) is 26.1 Å². The highest BCUT2D eigenvalue weighted by Crippen LogP contribution is 2.27. The Morgan fingerprint density at radius 2 is 2.11 bits per heavy atom. The van der Waals surface area contributed by atoms with Gasteiger partial charge < -0.3 is 16.0 Å². The van der Waals surface area contributed by atoms with Gasteiger partial charge in [-0.2, -0.15) is 0 Å². The predicted octanol–water partition coefficient (Wildman–Crippen LogP) is 1.94. The van der Waals surface area contributed by atoms with Crippen molar-refractivity contribution in [3.05, 3.63) is 23.8 Å². The van der Waals surface area contributed by atoms with E-state index in [-0.39, 0.29) is 5.91 Å². The zero-order valence-electron chi connectivity index (χ0n) is 11.6. The summed E-state index contributed by atoms with van der Waals surface area (Å²) in [6, 6.07) is 6.18. The van der Waals surface area contributed by atoms with Crippen LogP contribution < -0.4 is 16.0 Å². The molecule has 19 heavy (non-hydrogen) atoms. The van der Waals surface area contributed by atoms with Crippen LogP contribution in [0.1, 0.15) is 31.7 Å². The summed E-state index contributed by atoms with van der Waals surface area (Å²) in [5.41, 5.74) is 9.22. The van der Waals surface area contributed by atoms with Crippen molar-refractivity contribution in [2.75, 3.05) is 30.3 Å². The zero-order chi connectivity index (χ0) is 13.7. The molecule has 0 aliphatic carbocycles. The Kier molecular flexibility index (Phi) is 4.66. The van der Waals surface area contributed by atoms with Crippen LogP contribution >= 0.6 is 0 Å². The summed E-state index contributed by atoms with van der Waals surface area (Å²) in [4.78, 5) is 13.8. The Morgan fingerprint density at radius 3 is 2.74 bits per heavy atom. The monoisotopic (exact) mass is 261 g/mol. The van der Waals surface area contributed by atoms with Crippen molar-refractivity contribution in [2.24, 2.45) is 0 Å². The lowest BCUT2D eigenvalue weighted by Gasteiger charge is -2.20. The second-order valence-electron chi connectivity index (χ2n) is 5.04. The molecule has 1 aromatic carbocycles. The third-order valence-electron chi connectivity index (χ3n) is 3.55. The second-order valence-corrected chi connectivity index (χ2v) is 5.04. The van der Waals surface area contributed by atoms with Crippen molar-refractivity contribution in [1.82, 2.24) is 5.32 Å². The maximum atomic E-state index is 11.4. The number of rotatable bonds is 5. The van der Waals surface area contributed by atoms with E-state index in [0.29, 0.717) is 13.0 Å². The molecule has 3 N–H and O–H groups in total. The first-order valence-electron chi connectivity index (χ1n) is 7.10. The first kappa shape index (κ1) is 13.7. The van der Waals surface area contributed by atoms with Gasteiger partial charge in [-0.3, -0.25) is 4.79 Å². The molecule has 104 valence electrons. The lowest BCUT2D eigenvalue weighted by atomic mass is 10.1. The molecule has 0 saturated carbocycles. The molecule has 1 amide bonds. The molecule has 0 radical (unpaired) electrons. The number of anilines is 2. The molecule has 1 aliphatic rings. The third-order valence-corrected chi connectivity index (χ3v) is 3.55. The molecular weight excluding hydrogens is 238 g/mol. The van der Waals surface area contributed by atoms with Gasteiger partial charge in [-0.05, 0) is 43.9 Å². The molecule has 0 unspecified atom stereocenters. The van der Waals surface area contributed by atoms with E-state index < -0.39 is 0 Å². The molecule has 4 heteroatoms. The Hall–Kier alpha value is -1.71. The first-order chi connectivity index (χ1) is 9.20. The fourth-order valence-electron chi connectivity index (χ4n) is 2.55. The average molecular weight is 261 g/mol. The van der Waals surface area contributed by atoms with E-state index in [2.05, 4.69) is 22.3 Å². The van der Waals surface area contributed by atoms with Gasteiger partial charge in [0.1, 0.15) is 0 Å². The van der Waals surface area contributed by atoms with E-state index in [9.17, 15) is 4.79 Å². The highest BCUT2D eigenvalue weighted by molar-refractivity contribution is 5.76. The zero-order valence-corrected chi connectivity index (χ0v) is 11.6. The van der Waals surface area contributed by atoms with Crippen LogP contribution in [0.4, 0.5) is 11.4 Å². The summed E-state index contributed by atoms with van der Waals surface area (Å²) in [6.07, 6.45) is 3.77. The van der Waals surface area contributed by atoms with Crippen molar-refractivity contribution >= 4 is 17.3 Å². The number of nitrogen functional groups attached to an aromatic ring is 1. The van der Waals surface area contributed by atoms with Crippen LogP contribution in [0.5, 0.6) is 0 Å². The highest BCUT2D eigenvalue weighted by atomic mass is 16.1. The fraction of sp³-hybridized carbons (Fsp3) is 0.533. The first-order valence-corrected chi connectivity index (χ1v) is 7.10. The topological polar surface area (TPSA) is 58.4 Å². The predicted molar refractivity (Wildman–Crippen MR) is 79.3 cm³/mol. The molecule has 1 saturated heterocycles. The maximum Gasteiger partial charge on any atom is 0.220 e. The number of benzene rings is 1. The van der Waals surface area contributed by atoms with Crippen molar-refractivity contribution in [3.8, 4) is 0 Å². The van der Waals surface area contributed by atoms with Crippen LogP contribution in [0.15, 0.2) is 18.2 Å². The number of hydrogen-bond donors (Lipinski definition) is 2. The minimum absolute atomic E-state index is 0.102. The van der Waals surface area contributed by atoms with Crippen molar-refractivity contribution in [2.45, 2.75) is 32.6 Å². The SMILES string of the molecule is CCNC(=O)CCc1ccc(N2CCCC2)c(N)c1. The summed E-state index contributed by atoms with van der Waals surface area (Å²) >= 11 is 0. The molecule has 2 rings (SSSR count). The van der Waals surface area contributed by atoms with Gasteiger partial charge in [-0.1, -0.05) is 6.07 Å². The Morgan fingerprint density at radius 1 is 1.37 bits per heavy atom. The Bertz CT molecular complexity index is 439. The van der Waals surface area contributed by atoms with E-state index >= 15 is 0 Å². The summed E-state index contributed by atoms with van der Waals surface area (Å²) in [5.74, 6) is 0.102. The summed E-state index contributed by atoms with van der Waals surface area (Å²) in [7, 11) is 0.